The van der Waals surface area contributed by atoms with Gasteiger partial charge in [-0.1, -0.05) is 19.1 Å². The molecule has 0 N–H and O–H groups in total. The molecule has 2 aliphatic heterocycles. The van der Waals surface area contributed by atoms with Gasteiger partial charge < -0.3 is 4.90 Å². The van der Waals surface area contributed by atoms with E-state index in [0.717, 1.165) is 23.7 Å². The Morgan fingerprint density at radius 3 is 2.69 bits per heavy atom. The summed E-state index contributed by atoms with van der Waals surface area (Å²) >= 11 is 0.999. The maximum atomic E-state index is 12.6. The molecule has 0 spiro atoms. The van der Waals surface area contributed by atoms with Crippen molar-refractivity contribution in [2.75, 3.05) is 11.9 Å². The van der Waals surface area contributed by atoms with Crippen molar-refractivity contribution in [1.29, 1.82) is 0 Å². The van der Waals surface area contributed by atoms with Gasteiger partial charge in [0.1, 0.15) is 0 Å². The van der Waals surface area contributed by atoms with Crippen LogP contribution in [0, 0.1) is 0 Å². The summed E-state index contributed by atoms with van der Waals surface area (Å²) < 4.78 is 0. The molecule has 1 aromatic carbocycles. The molecular formula is C21H26N2O2S. The second kappa shape index (κ2) is 6.62. The molecule has 1 saturated heterocycles. The van der Waals surface area contributed by atoms with E-state index in [-0.39, 0.29) is 22.7 Å². The molecule has 2 atom stereocenters. The topological polar surface area (TPSA) is 40.6 Å². The second-order valence-corrected chi connectivity index (χ2v) is 8.82. The van der Waals surface area contributed by atoms with Gasteiger partial charge in [-0.2, -0.15) is 0 Å². The van der Waals surface area contributed by atoms with Gasteiger partial charge in [-0.05, 0) is 74.2 Å². The summed E-state index contributed by atoms with van der Waals surface area (Å²) in [5.41, 5.74) is 3.61. The number of rotatable bonds is 3. The molecule has 0 radical (unpaired) electrons. The number of thioether (sulfide) groups is 1. The van der Waals surface area contributed by atoms with Gasteiger partial charge in [0.15, 0.2) is 0 Å². The van der Waals surface area contributed by atoms with Gasteiger partial charge in [0.05, 0.1) is 10.9 Å². The van der Waals surface area contributed by atoms with Crippen LogP contribution in [0.3, 0.4) is 0 Å². The minimum Gasteiger partial charge on any atom is -0.369 e. The monoisotopic (exact) mass is 370 g/mol. The molecule has 0 bridgehead atoms. The molecule has 1 fully saturated rings. The number of carbonyl (C=O) groups excluding carboxylic acids is 2. The first kappa shape index (κ1) is 18.8. The van der Waals surface area contributed by atoms with E-state index < -0.39 is 0 Å². The molecule has 4 nitrogen and oxygen atoms in total. The average molecular weight is 371 g/mol. The molecule has 138 valence electrons. The Labute approximate surface area is 159 Å². The Balaban J connectivity index is 1.94. The molecule has 2 heterocycles. The van der Waals surface area contributed by atoms with Crippen molar-refractivity contribution in [3.8, 4) is 0 Å². The number of nitrogens with zero attached hydrogens (tertiary/aromatic N) is 2. The van der Waals surface area contributed by atoms with E-state index in [4.69, 9.17) is 0 Å². The average Bonchev–Trinajstić information content (AvgIpc) is 2.85. The van der Waals surface area contributed by atoms with Crippen molar-refractivity contribution in [2.24, 2.45) is 0 Å². The number of benzene rings is 1. The molecular weight excluding hydrogens is 344 g/mol. The summed E-state index contributed by atoms with van der Waals surface area (Å²) in [6.07, 6.45) is 4.51. The van der Waals surface area contributed by atoms with Gasteiger partial charge in [0, 0.05) is 18.3 Å². The molecule has 2 amide bonds. The molecule has 2 aliphatic rings. The first-order valence-electron chi connectivity index (χ1n) is 8.93. The second-order valence-electron chi connectivity index (χ2n) is 7.82. The third-order valence-electron chi connectivity index (χ3n) is 5.53. The summed E-state index contributed by atoms with van der Waals surface area (Å²) in [5.74, 6) is 0.205. The Hall–Kier alpha value is -2.01. The summed E-state index contributed by atoms with van der Waals surface area (Å²) in [7, 11) is 2.13. The lowest BCUT2D eigenvalue weighted by Crippen LogP contribution is -2.45. The fourth-order valence-electron chi connectivity index (χ4n) is 3.77. The van der Waals surface area contributed by atoms with Gasteiger partial charge in [-0.25, -0.2) is 0 Å². The van der Waals surface area contributed by atoms with Crippen LogP contribution in [0.2, 0.25) is 0 Å². The minimum atomic E-state index is -0.298. The predicted molar refractivity (Wildman–Crippen MR) is 109 cm³/mol. The fourth-order valence-corrected chi connectivity index (χ4v) is 4.69. The highest BCUT2D eigenvalue weighted by Crippen LogP contribution is 2.43. The summed E-state index contributed by atoms with van der Waals surface area (Å²) in [6.45, 7) is 12.2. The Morgan fingerprint density at radius 1 is 1.35 bits per heavy atom. The quantitative estimate of drug-likeness (QED) is 0.553. The normalized spacial score (nSPS) is 24.8. The van der Waals surface area contributed by atoms with Crippen molar-refractivity contribution in [1.82, 2.24) is 4.90 Å². The molecule has 2 unspecified atom stereocenters. The third-order valence-corrected chi connectivity index (χ3v) is 6.41. The van der Waals surface area contributed by atoms with Crippen LogP contribution in [0.25, 0.3) is 6.08 Å². The fraction of sp³-hybridized carbons (Fsp3) is 0.429. The predicted octanol–water partition coefficient (Wildman–Crippen LogP) is 5.02. The van der Waals surface area contributed by atoms with Crippen LogP contribution < -0.4 is 4.90 Å². The Morgan fingerprint density at radius 2 is 2.04 bits per heavy atom. The number of anilines is 1. The van der Waals surface area contributed by atoms with Gasteiger partial charge in [0.2, 0.25) is 0 Å². The highest BCUT2D eigenvalue weighted by Gasteiger charge is 2.37. The van der Waals surface area contributed by atoms with E-state index in [0.29, 0.717) is 10.8 Å². The van der Waals surface area contributed by atoms with Crippen molar-refractivity contribution < 1.29 is 9.59 Å². The van der Waals surface area contributed by atoms with Crippen LogP contribution >= 0.6 is 11.8 Å². The van der Waals surface area contributed by atoms with Crippen molar-refractivity contribution in [2.45, 2.75) is 51.6 Å². The van der Waals surface area contributed by atoms with Gasteiger partial charge in [-0.15, -0.1) is 6.58 Å². The molecule has 3 rings (SSSR count). The number of carbonyl (C=O) groups is 2. The van der Waals surface area contributed by atoms with Crippen LogP contribution in [-0.2, 0) is 4.79 Å². The molecule has 0 saturated carbocycles. The first-order valence-corrected chi connectivity index (χ1v) is 9.74. The van der Waals surface area contributed by atoms with E-state index in [1.54, 1.807) is 13.0 Å². The zero-order chi connectivity index (χ0) is 19.2. The third kappa shape index (κ3) is 3.09. The van der Waals surface area contributed by atoms with Gasteiger partial charge in [0.25, 0.3) is 11.1 Å². The first-order chi connectivity index (χ1) is 12.2. The highest BCUT2D eigenvalue weighted by atomic mass is 32.2. The van der Waals surface area contributed by atoms with Crippen molar-refractivity contribution >= 4 is 34.7 Å². The number of fused-ring (bicyclic) bond motifs is 1. The standard InChI is InChI=1S/C21H26N2O2S/c1-7-14(3)23-19(24)18(26-20(23)25)11-15-8-9-17-16(10-15)13(2)12-21(4,5)22(17)6/h7-11,13-14H,1,12H2,2-6H3/b18-11+. The number of imide groups is 1. The van der Waals surface area contributed by atoms with E-state index in [1.807, 2.05) is 12.1 Å². The minimum absolute atomic E-state index is 0.122. The van der Waals surface area contributed by atoms with E-state index in [2.05, 4.69) is 51.4 Å². The zero-order valence-corrected chi connectivity index (χ0v) is 16.9. The molecule has 5 heteroatoms. The van der Waals surface area contributed by atoms with Crippen LogP contribution in [0.5, 0.6) is 0 Å². The smallest absolute Gasteiger partial charge is 0.294 e. The highest BCUT2D eigenvalue weighted by molar-refractivity contribution is 8.18. The summed E-state index contributed by atoms with van der Waals surface area (Å²) in [6, 6.07) is 5.99. The maximum absolute atomic E-state index is 12.6. The maximum Gasteiger partial charge on any atom is 0.294 e. The summed E-state index contributed by atoms with van der Waals surface area (Å²) in [5, 5.41) is -0.235. The van der Waals surface area contributed by atoms with Crippen molar-refractivity contribution in [3.05, 3.63) is 46.9 Å². The van der Waals surface area contributed by atoms with E-state index in [1.165, 1.54) is 16.2 Å². The number of hydrogen-bond acceptors (Lipinski definition) is 4. The van der Waals surface area contributed by atoms with Gasteiger partial charge in [-0.3, -0.25) is 14.5 Å². The van der Waals surface area contributed by atoms with Crippen LogP contribution in [-0.4, -0.2) is 34.7 Å². The summed E-state index contributed by atoms with van der Waals surface area (Å²) in [4.78, 5) is 28.8. The molecule has 1 aromatic rings. The number of amides is 2. The lowest BCUT2D eigenvalue weighted by atomic mass is 9.80. The zero-order valence-electron chi connectivity index (χ0n) is 16.1. The Kier molecular flexibility index (Phi) is 4.78. The molecule has 0 aliphatic carbocycles. The number of hydrogen-bond donors (Lipinski definition) is 0. The Bertz CT molecular complexity index is 812. The largest absolute Gasteiger partial charge is 0.369 e. The SMILES string of the molecule is C=CC(C)N1C(=O)S/C(=C/c2ccc3c(c2)C(C)CC(C)(C)N3C)C1=O. The van der Waals surface area contributed by atoms with E-state index in [9.17, 15) is 9.59 Å². The molecule has 0 aromatic heterocycles. The lowest BCUT2D eigenvalue weighted by molar-refractivity contribution is -0.123. The van der Waals surface area contributed by atoms with Crippen LogP contribution in [0.4, 0.5) is 10.5 Å². The van der Waals surface area contributed by atoms with Gasteiger partial charge >= 0.3 is 0 Å². The van der Waals surface area contributed by atoms with Crippen LogP contribution in [0.15, 0.2) is 35.8 Å². The van der Waals surface area contributed by atoms with E-state index >= 15 is 0 Å². The lowest BCUT2D eigenvalue weighted by Gasteiger charge is -2.45. The van der Waals surface area contributed by atoms with Crippen LogP contribution in [0.1, 0.15) is 51.2 Å². The molecule has 26 heavy (non-hydrogen) atoms. The van der Waals surface area contributed by atoms with Crippen molar-refractivity contribution in [3.63, 3.8) is 0 Å².